The number of hydrogen-bond acceptors (Lipinski definition) is 8. The molecule has 5 rings (SSSR count). The number of nitrogens with one attached hydrogen (secondary N) is 3. The van der Waals surface area contributed by atoms with Gasteiger partial charge in [0.1, 0.15) is 11.9 Å². The third-order valence-electron chi connectivity index (χ3n) is 5.95. The summed E-state index contributed by atoms with van der Waals surface area (Å²) in [6.45, 7) is 1.96. The summed E-state index contributed by atoms with van der Waals surface area (Å²) in [6, 6.07) is 14.1. The topological polar surface area (TPSA) is 81.2 Å². The maximum Gasteiger partial charge on any atom is 0.234 e. The Morgan fingerprint density at radius 1 is 1.27 bits per heavy atom. The Morgan fingerprint density at radius 3 is 2.85 bits per heavy atom. The molecule has 3 N–H and O–H groups in total. The Morgan fingerprint density at radius 2 is 2.09 bits per heavy atom. The van der Waals surface area contributed by atoms with Crippen molar-refractivity contribution in [3.63, 3.8) is 0 Å². The van der Waals surface area contributed by atoms with Crippen molar-refractivity contribution in [2.24, 2.45) is 5.10 Å². The van der Waals surface area contributed by atoms with Crippen LogP contribution in [0.4, 0.5) is 5.69 Å². The van der Waals surface area contributed by atoms with Crippen LogP contribution in [0.2, 0.25) is 5.02 Å². The monoisotopic (exact) mass is 484 g/mol. The van der Waals surface area contributed by atoms with Gasteiger partial charge < -0.3 is 20.0 Å². The molecule has 3 atom stereocenters. The van der Waals surface area contributed by atoms with Gasteiger partial charge in [0.05, 0.1) is 35.7 Å². The lowest BCUT2D eigenvalue weighted by atomic mass is 10.00. The smallest absolute Gasteiger partial charge is 0.234 e. The molecule has 3 aliphatic heterocycles. The van der Waals surface area contributed by atoms with Crippen molar-refractivity contribution in [2.75, 3.05) is 18.2 Å². The third-order valence-corrected chi connectivity index (χ3v) is 7.23. The SMILES string of the molecule is COc1ccc(C2CC3C4NN=C(SCC(=O)Nc5ccc(C)cc5Cl)N4C=CN3N2)cc1. The summed E-state index contributed by atoms with van der Waals surface area (Å²) in [5, 5.41) is 10.8. The van der Waals surface area contributed by atoms with Crippen molar-refractivity contribution >= 4 is 40.1 Å². The summed E-state index contributed by atoms with van der Waals surface area (Å²) >= 11 is 7.62. The zero-order valence-corrected chi connectivity index (χ0v) is 19.9. The minimum atomic E-state index is -0.123. The predicted molar refractivity (Wildman–Crippen MR) is 132 cm³/mol. The molecule has 2 aromatic rings. The number of methoxy groups -OCH3 is 1. The number of ether oxygens (including phenoxy) is 1. The Kier molecular flexibility index (Phi) is 6.09. The molecule has 3 unspecified atom stereocenters. The fraction of sp³-hybridized carbons (Fsp3) is 0.304. The van der Waals surface area contributed by atoms with Crippen molar-refractivity contribution in [3.05, 3.63) is 71.0 Å². The molecule has 0 saturated carbocycles. The van der Waals surface area contributed by atoms with Crippen molar-refractivity contribution < 1.29 is 9.53 Å². The number of rotatable bonds is 5. The van der Waals surface area contributed by atoms with Gasteiger partial charge in [-0.05, 0) is 48.7 Å². The molecule has 3 aliphatic rings. The number of amidine groups is 1. The van der Waals surface area contributed by atoms with E-state index in [2.05, 4.69) is 43.3 Å². The number of anilines is 1. The van der Waals surface area contributed by atoms with Crippen molar-refractivity contribution in [3.8, 4) is 5.75 Å². The average Bonchev–Trinajstić information content (AvgIpc) is 3.43. The first-order valence-corrected chi connectivity index (χ1v) is 12.1. The van der Waals surface area contributed by atoms with Crippen LogP contribution in [0.25, 0.3) is 0 Å². The van der Waals surface area contributed by atoms with E-state index in [9.17, 15) is 4.79 Å². The minimum absolute atomic E-state index is 0.00264. The number of thioether (sulfide) groups is 1. The number of hydrazone groups is 1. The molecule has 2 aromatic carbocycles. The van der Waals surface area contributed by atoms with Crippen LogP contribution in [0, 0.1) is 6.92 Å². The second-order valence-corrected chi connectivity index (χ2v) is 9.51. The van der Waals surface area contributed by atoms with E-state index in [1.807, 2.05) is 49.7 Å². The zero-order chi connectivity index (χ0) is 22.9. The maximum absolute atomic E-state index is 12.5. The Bertz CT molecular complexity index is 1110. The predicted octanol–water partition coefficient (Wildman–Crippen LogP) is 3.64. The van der Waals surface area contributed by atoms with E-state index in [0.717, 1.165) is 22.9 Å². The lowest BCUT2D eigenvalue weighted by molar-refractivity contribution is -0.113. The van der Waals surface area contributed by atoms with Gasteiger partial charge in [0, 0.05) is 12.4 Å². The zero-order valence-electron chi connectivity index (χ0n) is 18.3. The van der Waals surface area contributed by atoms with Gasteiger partial charge in [0.2, 0.25) is 5.91 Å². The van der Waals surface area contributed by atoms with E-state index < -0.39 is 0 Å². The molecule has 0 aromatic heterocycles. The van der Waals surface area contributed by atoms with Gasteiger partial charge in [0.25, 0.3) is 0 Å². The molecule has 1 fully saturated rings. The molecule has 10 heteroatoms. The number of benzene rings is 2. The lowest BCUT2D eigenvalue weighted by Crippen LogP contribution is -2.54. The van der Waals surface area contributed by atoms with Gasteiger partial charge in [-0.15, -0.1) is 0 Å². The van der Waals surface area contributed by atoms with Crippen LogP contribution < -0.4 is 20.9 Å². The average molecular weight is 485 g/mol. The molecular weight excluding hydrogens is 460 g/mol. The van der Waals surface area contributed by atoms with E-state index in [0.29, 0.717) is 10.7 Å². The molecule has 0 aliphatic carbocycles. The molecule has 0 bridgehead atoms. The first-order chi connectivity index (χ1) is 16.0. The van der Waals surface area contributed by atoms with Crippen LogP contribution in [0.15, 0.2) is 60.0 Å². The Balaban J connectivity index is 1.18. The summed E-state index contributed by atoms with van der Waals surface area (Å²) in [7, 11) is 1.67. The van der Waals surface area contributed by atoms with Crippen molar-refractivity contribution in [1.29, 1.82) is 0 Å². The second-order valence-electron chi connectivity index (χ2n) is 8.16. The molecular formula is C23H25ClN6O2S. The quantitative estimate of drug-likeness (QED) is 0.597. The van der Waals surface area contributed by atoms with Gasteiger partial charge in [-0.2, -0.15) is 5.10 Å². The van der Waals surface area contributed by atoms with Crippen LogP contribution >= 0.6 is 23.4 Å². The van der Waals surface area contributed by atoms with Gasteiger partial charge in [-0.3, -0.25) is 10.2 Å². The van der Waals surface area contributed by atoms with Crippen LogP contribution in [-0.4, -0.2) is 46.1 Å². The largest absolute Gasteiger partial charge is 0.497 e. The van der Waals surface area contributed by atoms with E-state index in [1.54, 1.807) is 7.11 Å². The fourth-order valence-electron chi connectivity index (χ4n) is 4.24. The fourth-order valence-corrected chi connectivity index (χ4v) is 5.30. The molecule has 33 heavy (non-hydrogen) atoms. The number of hydrazine groups is 1. The molecule has 3 heterocycles. The van der Waals surface area contributed by atoms with E-state index in [4.69, 9.17) is 16.3 Å². The van der Waals surface area contributed by atoms with Crippen LogP contribution in [0.5, 0.6) is 5.75 Å². The van der Waals surface area contributed by atoms with Crippen molar-refractivity contribution in [2.45, 2.75) is 31.6 Å². The van der Waals surface area contributed by atoms with Crippen molar-refractivity contribution in [1.82, 2.24) is 20.8 Å². The highest BCUT2D eigenvalue weighted by Crippen LogP contribution is 2.35. The molecule has 8 nitrogen and oxygen atoms in total. The molecule has 1 amide bonds. The highest BCUT2D eigenvalue weighted by Gasteiger charge is 2.44. The Labute approximate surface area is 202 Å². The number of fused-ring (bicyclic) bond motifs is 3. The first-order valence-electron chi connectivity index (χ1n) is 10.7. The summed E-state index contributed by atoms with van der Waals surface area (Å²) in [5.41, 5.74) is 9.69. The van der Waals surface area contributed by atoms with E-state index in [-0.39, 0.29) is 29.9 Å². The standard InChI is InChI=1S/C23H25ClN6O2S/c1-14-3-8-18(17(24)11-14)25-21(31)13-33-23-27-26-22-20-12-19(28-30(20)10-9-29(22)23)15-4-6-16(32-2)7-5-15/h3-11,19-20,22,26,28H,12-13H2,1-2H3,(H,25,31). The summed E-state index contributed by atoms with van der Waals surface area (Å²) < 4.78 is 5.27. The first kappa shape index (κ1) is 21.9. The molecule has 0 radical (unpaired) electrons. The summed E-state index contributed by atoms with van der Waals surface area (Å²) in [6.07, 6.45) is 4.94. The van der Waals surface area contributed by atoms with Gasteiger partial charge in [-0.1, -0.05) is 41.6 Å². The molecule has 172 valence electrons. The number of nitrogens with zero attached hydrogens (tertiary/aromatic N) is 3. The molecule has 0 spiro atoms. The maximum atomic E-state index is 12.5. The summed E-state index contributed by atoms with van der Waals surface area (Å²) in [4.78, 5) is 14.6. The van der Waals surface area contributed by atoms with E-state index >= 15 is 0 Å². The number of hydrogen-bond donors (Lipinski definition) is 3. The number of amides is 1. The summed E-state index contributed by atoms with van der Waals surface area (Å²) in [5.74, 6) is 0.964. The number of carbonyl (C=O) groups is 1. The highest BCUT2D eigenvalue weighted by molar-refractivity contribution is 8.14. The Hall–Kier alpha value is -2.88. The minimum Gasteiger partial charge on any atom is -0.497 e. The van der Waals surface area contributed by atoms with Gasteiger partial charge in [-0.25, -0.2) is 5.43 Å². The second kappa shape index (κ2) is 9.17. The number of aryl methyl sites for hydroxylation is 1. The van der Waals surface area contributed by atoms with Gasteiger partial charge >= 0.3 is 0 Å². The molecule has 1 saturated heterocycles. The number of halogens is 1. The third kappa shape index (κ3) is 4.48. The number of carbonyl (C=O) groups excluding carboxylic acids is 1. The van der Waals surface area contributed by atoms with Gasteiger partial charge in [0.15, 0.2) is 5.17 Å². The lowest BCUT2D eigenvalue weighted by Gasteiger charge is -2.36. The normalized spacial score (nSPS) is 23.0. The van der Waals surface area contributed by atoms with Crippen LogP contribution in [-0.2, 0) is 4.79 Å². The van der Waals surface area contributed by atoms with Crippen LogP contribution in [0.3, 0.4) is 0 Å². The highest BCUT2D eigenvalue weighted by atomic mass is 35.5. The van der Waals surface area contributed by atoms with E-state index in [1.165, 1.54) is 17.3 Å². The van der Waals surface area contributed by atoms with Crippen LogP contribution in [0.1, 0.15) is 23.6 Å².